The lowest BCUT2D eigenvalue weighted by molar-refractivity contribution is -0.163. The van der Waals surface area contributed by atoms with Gasteiger partial charge in [0, 0.05) is 44.1 Å². The number of likely N-dealkylation sites (tertiary alicyclic amines) is 1. The quantitative estimate of drug-likeness (QED) is 0.102. The molecular formula is C35H48BrN3O8. The third-order valence-corrected chi connectivity index (χ3v) is 10.2. The van der Waals surface area contributed by atoms with Gasteiger partial charge >= 0.3 is 5.97 Å². The summed E-state index contributed by atoms with van der Waals surface area (Å²) < 4.78 is 18.4. The molecule has 3 aliphatic heterocycles. The molecule has 3 amide bonds. The van der Waals surface area contributed by atoms with E-state index in [1.165, 1.54) is 7.11 Å². The van der Waals surface area contributed by atoms with Crippen molar-refractivity contribution in [1.29, 1.82) is 0 Å². The summed E-state index contributed by atoms with van der Waals surface area (Å²) in [5.74, 6) is -3.45. The van der Waals surface area contributed by atoms with Crippen LogP contribution in [0.15, 0.2) is 55.6 Å². The maximum absolute atomic E-state index is 14.4. The zero-order chi connectivity index (χ0) is 34.3. The van der Waals surface area contributed by atoms with Crippen molar-refractivity contribution in [3.8, 4) is 0 Å². The fraction of sp³-hybridized carbons (Fsp3) is 0.600. The number of unbranched alkanes of at least 4 members (excludes halogenated alkanes) is 1. The number of hydrogen-bond donors (Lipinski definition) is 2. The number of ether oxygens (including phenoxy) is 3. The van der Waals surface area contributed by atoms with Crippen LogP contribution in [0.1, 0.15) is 57.6 Å². The number of halogens is 1. The summed E-state index contributed by atoms with van der Waals surface area (Å²) in [6, 6.07) is 7.23. The Kier molecular flexibility index (Phi) is 12.8. The number of fused-ring (bicyclic) bond motifs is 1. The summed E-state index contributed by atoms with van der Waals surface area (Å²) in [7, 11) is 1.50. The van der Waals surface area contributed by atoms with Crippen molar-refractivity contribution in [2.75, 3.05) is 33.4 Å². The Morgan fingerprint density at radius 1 is 1.21 bits per heavy atom. The van der Waals surface area contributed by atoms with Crippen molar-refractivity contribution >= 4 is 39.6 Å². The molecule has 2 bridgehead atoms. The predicted octanol–water partition coefficient (Wildman–Crippen LogP) is 3.31. The predicted molar refractivity (Wildman–Crippen MR) is 179 cm³/mol. The molecule has 0 saturated carbocycles. The van der Waals surface area contributed by atoms with Crippen LogP contribution < -0.4 is 5.32 Å². The number of nitrogens with zero attached hydrogens (tertiary/aromatic N) is 2. The van der Waals surface area contributed by atoms with Gasteiger partial charge in [-0.25, -0.2) is 0 Å². The van der Waals surface area contributed by atoms with Crippen LogP contribution in [0.3, 0.4) is 0 Å². The van der Waals surface area contributed by atoms with Crippen molar-refractivity contribution in [2.45, 2.75) is 86.7 Å². The standard InChI is InChI=1S/C35H48BrN3O8/c1-6-8-16-26(41)37-25(21-45-5)29(23-14-10-9-11-15-23)46-34(44)27-28-32(42)39(18-12-13-19-40)31(33(43)38(17-7-2)22(3)4)35(28)20-24(36)30(27)47-35/h6-7,9-11,14-15,22,24-25,27-31,40H,1-2,8,12-13,16-21H2,3-5H3,(H,37,41)/t24?,25-,27+,28-,29-,30+,31+,35-/m1/s1. The van der Waals surface area contributed by atoms with Gasteiger partial charge < -0.3 is 34.4 Å². The number of carbonyl (C=O) groups excluding carboxylic acids is 4. The third kappa shape index (κ3) is 7.50. The minimum absolute atomic E-state index is 0.0472. The van der Waals surface area contributed by atoms with Crippen molar-refractivity contribution < 1.29 is 38.5 Å². The lowest BCUT2D eigenvalue weighted by Gasteiger charge is -2.38. The molecule has 1 aromatic carbocycles. The normalized spacial score (nSPS) is 27.3. The van der Waals surface area contributed by atoms with E-state index < -0.39 is 47.7 Å². The SMILES string of the molecule is C=CCCC(=O)N[C@H](COC)[C@H](OC(=O)[C@@H]1[C@H]2O[C@@]3(CC2Br)[C@H](C(=O)N(CC=C)C(C)C)N(CCCCO)C(=O)[C@@H]13)c1ccccc1. The molecule has 1 spiro atoms. The first-order chi connectivity index (χ1) is 22.6. The van der Waals surface area contributed by atoms with E-state index in [1.54, 1.807) is 34.1 Å². The minimum Gasteiger partial charge on any atom is -0.455 e. The first-order valence-corrected chi connectivity index (χ1v) is 17.3. The maximum atomic E-state index is 14.4. The number of amides is 3. The van der Waals surface area contributed by atoms with Gasteiger partial charge in [-0.05, 0) is 45.1 Å². The average Bonchev–Trinajstić information content (AvgIpc) is 3.64. The molecule has 4 rings (SSSR count). The van der Waals surface area contributed by atoms with E-state index in [9.17, 15) is 24.3 Å². The van der Waals surface area contributed by atoms with Crippen molar-refractivity contribution in [3.63, 3.8) is 0 Å². The second-order valence-electron chi connectivity index (χ2n) is 12.7. The van der Waals surface area contributed by atoms with E-state index in [4.69, 9.17) is 14.2 Å². The maximum Gasteiger partial charge on any atom is 0.313 e. The van der Waals surface area contributed by atoms with E-state index in [2.05, 4.69) is 34.4 Å². The van der Waals surface area contributed by atoms with Crippen LogP contribution in [-0.4, -0.2) is 107 Å². The fourth-order valence-electron chi connectivity index (χ4n) is 7.29. The lowest BCUT2D eigenvalue weighted by atomic mass is 9.70. The Labute approximate surface area is 285 Å². The van der Waals surface area contributed by atoms with Crippen LogP contribution in [0.2, 0.25) is 0 Å². The van der Waals surface area contributed by atoms with Gasteiger partial charge in [0.05, 0.1) is 30.6 Å². The van der Waals surface area contributed by atoms with Gasteiger partial charge in [0.15, 0.2) is 0 Å². The zero-order valence-electron chi connectivity index (χ0n) is 27.5. The average molecular weight is 719 g/mol. The van der Waals surface area contributed by atoms with Crippen LogP contribution >= 0.6 is 15.9 Å². The third-order valence-electron chi connectivity index (χ3n) is 9.34. The molecule has 0 aromatic heterocycles. The van der Waals surface area contributed by atoms with Gasteiger partial charge in [-0.1, -0.05) is 58.4 Å². The molecular weight excluding hydrogens is 670 g/mol. The van der Waals surface area contributed by atoms with Gasteiger partial charge in [-0.3, -0.25) is 19.2 Å². The number of allylic oxidation sites excluding steroid dienone is 1. The molecule has 3 saturated heterocycles. The summed E-state index contributed by atoms with van der Waals surface area (Å²) in [5.41, 5.74) is -0.605. The highest BCUT2D eigenvalue weighted by Gasteiger charge is 2.77. The monoisotopic (exact) mass is 717 g/mol. The molecule has 0 aliphatic carbocycles. The zero-order valence-corrected chi connectivity index (χ0v) is 29.1. The Morgan fingerprint density at radius 2 is 1.94 bits per heavy atom. The molecule has 0 radical (unpaired) electrons. The largest absolute Gasteiger partial charge is 0.455 e. The smallest absolute Gasteiger partial charge is 0.313 e. The molecule has 3 heterocycles. The molecule has 258 valence electrons. The summed E-state index contributed by atoms with van der Waals surface area (Å²) in [4.78, 5) is 58.8. The van der Waals surface area contributed by atoms with Crippen LogP contribution in [0.5, 0.6) is 0 Å². The van der Waals surface area contributed by atoms with Crippen LogP contribution in [0.25, 0.3) is 0 Å². The van der Waals surface area contributed by atoms with Crippen LogP contribution in [-0.2, 0) is 33.4 Å². The topological polar surface area (TPSA) is 135 Å². The molecule has 12 heteroatoms. The van der Waals surface area contributed by atoms with Crippen molar-refractivity contribution in [2.24, 2.45) is 11.8 Å². The van der Waals surface area contributed by atoms with E-state index in [0.717, 1.165) is 0 Å². The minimum atomic E-state index is -1.25. The van der Waals surface area contributed by atoms with Gasteiger partial charge in [-0.15, -0.1) is 13.2 Å². The molecule has 3 aliphatic rings. The second kappa shape index (κ2) is 16.4. The van der Waals surface area contributed by atoms with E-state index in [1.807, 2.05) is 32.0 Å². The molecule has 1 aromatic rings. The van der Waals surface area contributed by atoms with Gasteiger partial charge in [0.2, 0.25) is 17.7 Å². The molecule has 11 nitrogen and oxygen atoms in total. The van der Waals surface area contributed by atoms with Gasteiger partial charge in [0.1, 0.15) is 17.7 Å². The molecule has 47 heavy (non-hydrogen) atoms. The number of aliphatic hydroxyl groups is 1. The van der Waals surface area contributed by atoms with Gasteiger partial charge in [-0.2, -0.15) is 0 Å². The summed E-state index contributed by atoms with van der Waals surface area (Å²) in [5, 5.41) is 12.4. The first-order valence-electron chi connectivity index (χ1n) is 16.3. The van der Waals surface area contributed by atoms with Crippen LogP contribution in [0, 0.1) is 11.8 Å². The number of benzene rings is 1. The molecule has 1 unspecified atom stereocenters. The van der Waals surface area contributed by atoms with Crippen LogP contribution in [0.4, 0.5) is 0 Å². The van der Waals surface area contributed by atoms with Crippen molar-refractivity contribution in [1.82, 2.24) is 15.1 Å². The van der Waals surface area contributed by atoms with E-state index >= 15 is 0 Å². The highest BCUT2D eigenvalue weighted by molar-refractivity contribution is 9.09. The van der Waals surface area contributed by atoms with Crippen molar-refractivity contribution in [3.05, 3.63) is 61.2 Å². The number of carbonyl (C=O) groups is 4. The summed E-state index contributed by atoms with van der Waals surface area (Å²) >= 11 is 3.71. The number of methoxy groups -OCH3 is 1. The fourth-order valence-corrected chi connectivity index (χ4v) is 8.23. The number of esters is 1. The highest BCUT2D eigenvalue weighted by Crippen LogP contribution is 2.60. The molecule has 8 atom stereocenters. The molecule has 2 N–H and O–H groups in total. The Morgan fingerprint density at radius 3 is 2.55 bits per heavy atom. The Hall–Kier alpha value is -3.06. The summed E-state index contributed by atoms with van der Waals surface area (Å²) in [6.45, 7) is 11.8. The van der Waals surface area contributed by atoms with E-state index in [0.29, 0.717) is 31.2 Å². The Bertz CT molecular complexity index is 1290. The molecule has 3 fully saturated rings. The highest BCUT2D eigenvalue weighted by atomic mass is 79.9. The Balaban J connectivity index is 1.71. The number of nitrogens with one attached hydrogen (secondary N) is 1. The number of alkyl halides is 1. The number of aliphatic hydroxyl groups excluding tert-OH is 1. The lowest BCUT2D eigenvalue weighted by Crippen LogP contribution is -2.58. The summed E-state index contributed by atoms with van der Waals surface area (Å²) in [6.07, 6.45) is 3.65. The van der Waals surface area contributed by atoms with E-state index in [-0.39, 0.29) is 61.3 Å². The first kappa shape index (κ1) is 36.8. The number of hydrogen-bond acceptors (Lipinski definition) is 8. The second-order valence-corrected chi connectivity index (χ2v) is 13.9. The van der Waals surface area contributed by atoms with Gasteiger partial charge in [0.25, 0.3) is 0 Å². The number of rotatable bonds is 18.